The molecule has 2 N–H and O–H groups in total. The highest BCUT2D eigenvalue weighted by atomic mass is 35.5. The van der Waals surface area contributed by atoms with E-state index in [2.05, 4.69) is 0 Å². The quantitative estimate of drug-likeness (QED) is 0.617. The van der Waals surface area contributed by atoms with Crippen molar-refractivity contribution in [2.24, 2.45) is 0 Å². The van der Waals surface area contributed by atoms with Crippen LogP contribution in [0.25, 0.3) is 0 Å². The predicted molar refractivity (Wildman–Crippen MR) is 105 cm³/mol. The number of ketones is 1. The number of carbonyl (C=O) groups is 2. The number of fused-ring (bicyclic) bond motifs is 2. The molecule has 2 aliphatic rings. The Bertz CT molecular complexity index is 888. The lowest BCUT2D eigenvalue weighted by atomic mass is 9.99. The largest absolute Gasteiger partial charge is 0.507 e. The smallest absolute Gasteiger partial charge is 0.342 e. The summed E-state index contributed by atoms with van der Waals surface area (Å²) in [4.78, 5) is 25.1. The summed E-state index contributed by atoms with van der Waals surface area (Å²) in [6.07, 6.45) is 5.08. The minimum absolute atomic E-state index is 0.0107. The number of hydrogen-bond acceptors (Lipinski definition) is 7. The highest BCUT2D eigenvalue weighted by Gasteiger charge is 2.41. The molecule has 1 saturated heterocycles. The lowest BCUT2D eigenvalue weighted by molar-refractivity contribution is -0.145. The molecule has 156 valence electrons. The molecule has 2 heterocycles. The second-order valence-electron chi connectivity index (χ2n) is 7.56. The average Bonchev–Trinajstić information content (AvgIpc) is 2.88. The van der Waals surface area contributed by atoms with Crippen LogP contribution in [0.15, 0.2) is 30.4 Å². The Morgan fingerprint density at radius 3 is 2.59 bits per heavy atom. The number of carbonyl (C=O) groups excluding carboxylic acids is 2. The van der Waals surface area contributed by atoms with Gasteiger partial charge in [-0.05, 0) is 26.8 Å². The van der Waals surface area contributed by atoms with Crippen molar-refractivity contribution in [3.05, 3.63) is 46.5 Å². The van der Waals surface area contributed by atoms with Gasteiger partial charge in [-0.25, -0.2) is 4.79 Å². The van der Waals surface area contributed by atoms with Crippen LogP contribution in [0.5, 0.6) is 11.5 Å². The van der Waals surface area contributed by atoms with Crippen LogP contribution >= 0.6 is 11.6 Å². The minimum Gasteiger partial charge on any atom is -0.507 e. The molecule has 0 spiro atoms. The van der Waals surface area contributed by atoms with Gasteiger partial charge in [-0.2, -0.15) is 0 Å². The number of esters is 1. The van der Waals surface area contributed by atoms with Crippen LogP contribution in [0.1, 0.15) is 43.1 Å². The summed E-state index contributed by atoms with van der Waals surface area (Å²) in [5.74, 6) is -2.95. The molecule has 3 rings (SSSR count). The highest BCUT2D eigenvalue weighted by Crippen LogP contribution is 2.38. The van der Waals surface area contributed by atoms with Gasteiger partial charge in [0.1, 0.15) is 29.3 Å². The van der Waals surface area contributed by atoms with Gasteiger partial charge in [0, 0.05) is 24.5 Å². The number of ether oxygens (including phenoxy) is 3. The van der Waals surface area contributed by atoms with Crippen molar-refractivity contribution in [1.82, 2.24) is 0 Å². The third kappa shape index (κ3) is 4.80. The number of hydrogen-bond donors (Lipinski definition) is 2. The zero-order chi connectivity index (χ0) is 21.3. The van der Waals surface area contributed by atoms with E-state index in [-0.39, 0.29) is 40.6 Å². The van der Waals surface area contributed by atoms with Gasteiger partial charge in [0.25, 0.3) is 0 Å². The van der Waals surface area contributed by atoms with E-state index in [9.17, 15) is 19.8 Å². The third-order valence-electron chi connectivity index (χ3n) is 4.66. The fraction of sp³-hybridized carbons (Fsp3) is 0.429. The molecule has 2 unspecified atom stereocenters. The van der Waals surface area contributed by atoms with Crippen LogP contribution in [0.3, 0.4) is 0 Å². The number of rotatable bonds is 0. The van der Waals surface area contributed by atoms with Gasteiger partial charge in [0.15, 0.2) is 11.6 Å². The normalized spacial score (nSPS) is 27.1. The Balaban J connectivity index is 2.00. The van der Waals surface area contributed by atoms with Crippen molar-refractivity contribution < 1.29 is 34.0 Å². The summed E-state index contributed by atoms with van der Waals surface area (Å²) >= 11 is 6.11. The van der Waals surface area contributed by atoms with Gasteiger partial charge < -0.3 is 24.4 Å². The zero-order valence-corrected chi connectivity index (χ0v) is 17.1. The van der Waals surface area contributed by atoms with E-state index in [1.165, 1.54) is 6.08 Å². The van der Waals surface area contributed by atoms with E-state index >= 15 is 0 Å². The number of benzene rings is 1. The van der Waals surface area contributed by atoms with E-state index in [1.807, 2.05) is 0 Å². The molecule has 0 aliphatic carbocycles. The first-order valence-corrected chi connectivity index (χ1v) is 9.63. The molecule has 2 aliphatic heterocycles. The number of aromatic hydroxyl groups is 2. The maximum atomic E-state index is 12.8. The number of halogens is 1. The fourth-order valence-electron chi connectivity index (χ4n) is 3.47. The molecular formula is C21H23ClO7. The number of allylic oxidation sites excluding steroid dienone is 3. The van der Waals surface area contributed by atoms with Crippen LogP contribution < -0.4 is 0 Å². The predicted octanol–water partition coefficient (Wildman–Crippen LogP) is 3.44. The lowest BCUT2D eigenvalue weighted by Crippen LogP contribution is -2.28. The van der Waals surface area contributed by atoms with Crippen molar-refractivity contribution in [3.63, 3.8) is 0 Å². The van der Waals surface area contributed by atoms with E-state index in [4.69, 9.17) is 25.8 Å². The van der Waals surface area contributed by atoms with E-state index in [0.717, 1.165) is 6.07 Å². The molecule has 1 aromatic rings. The first kappa shape index (κ1) is 21.4. The van der Waals surface area contributed by atoms with Crippen LogP contribution in [-0.2, 0) is 25.4 Å². The lowest BCUT2D eigenvalue weighted by Gasteiger charge is -2.21. The summed E-state index contributed by atoms with van der Waals surface area (Å²) in [6.45, 7) is 5.28. The molecule has 1 aromatic carbocycles. The molecule has 0 amide bonds. The molecule has 1 fully saturated rings. The zero-order valence-electron chi connectivity index (χ0n) is 16.3. The van der Waals surface area contributed by atoms with Crippen molar-refractivity contribution in [3.8, 4) is 11.5 Å². The topological polar surface area (TPSA) is 102 Å². The van der Waals surface area contributed by atoms with Crippen molar-refractivity contribution in [2.75, 3.05) is 0 Å². The molecule has 8 heteroatoms. The SMILES string of the molecule is C[C@@H]1CC2OC(C)(C)OC2C=CC=CC(=O)Cc2c(Cl)c(O)cc(O)c2C(=O)O1. The summed E-state index contributed by atoms with van der Waals surface area (Å²) < 4.78 is 17.3. The summed E-state index contributed by atoms with van der Waals surface area (Å²) in [5, 5.41) is 19.9. The summed E-state index contributed by atoms with van der Waals surface area (Å²) in [6, 6.07) is 0.950. The Labute approximate surface area is 173 Å². The van der Waals surface area contributed by atoms with E-state index in [0.29, 0.717) is 6.42 Å². The van der Waals surface area contributed by atoms with Gasteiger partial charge in [-0.1, -0.05) is 29.8 Å². The van der Waals surface area contributed by atoms with Crippen LogP contribution in [0, 0.1) is 0 Å². The molecule has 0 bridgehead atoms. The van der Waals surface area contributed by atoms with Crippen LogP contribution in [0.4, 0.5) is 0 Å². The molecule has 0 aromatic heterocycles. The van der Waals surface area contributed by atoms with Crippen molar-refractivity contribution in [2.45, 2.75) is 57.7 Å². The Morgan fingerprint density at radius 1 is 1.14 bits per heavy atom. The van der Waals surface area contributed by atoms with Gasteiger partial charge in [-0.3, -0.25) is 4.79 Å². The van der Waals surface area contributed by atoms with Crippen LogP contribution in [0.2, 0.25) is 5.02 Å². The molecule has 7 nitrogen and oxygen atoms in total. The average molecular weight is 423 g/mol. The third-order valence-corrected chi connectivity index (χ3v) is 5.09. The molecule has 0 saturated carbocycles. The maximum Gasteiger partial charge on any atom is 0.342 e. The van der Waals surface area contributed by atoms with Gasteiger partial charge >= 0.3 is 5.97 Å². The first-order valence-electron chi connectivity index (χ1n) is 9.25. The summed E-state index contributed by atoms with van der Waals surface area (Å²) in [5.41, 5.74) is -0.231. The summed E-state index contributed by atoms with van der Waals surface area (Å²) in [7, 11) is 0. The Morgan fingerprint density at radius 2 is 1.86 bits per heavy atom. The second kappa shape index (κ2) is 8.18. The van der Waals surface area contributed by atoms with Crippen molar-refractivity contribution >= 4 is 23.4 Å². The monoisotopic (exact) mass is 422 g/mol. The second-order valence-corrected chi connectivity index (χ2v) is 7.94. The van der Waals surface area contributed by atoms with Crippen LogP contribution in [-0.4, -0.2) is 46.1 Å². The molecule has 29 heavy (non-hydrogen) atoms. The van der Waals surface area contributed by atoms with Crippen molar-refractivity contribution in [1.29, 1.82) is 0 Å². The molecule has 3 atom stereocenters. The minimum atomic E-state index is -0.842. The fourth-order valence-corrected chi connectivity index (χ4v) is 3.69. The standard InChI is InChI=1S/C21H23ClO7/c1-11-8-17-16(28-21(2,3)29-17)7-5-4-6-12(23)9-13-18(20(26)27-11)14(24)10-15(25)19(13)22/h4-7,10-11,16-17,24-25H,8-9H2,1-3H3/t11-,16?,17?/m1/s1. The van der Waals surface area contributed by atoms with Gasteiger partial charge in [-0.15, -0.1) is 0 Å². The number of phenolic OH excluding ortho intramolecular Hbond substituents is 2. The Kier molecular flexibility index (Phi) is 6.03. The van der Waals surface area contributed by atoms with E-state index in [1.54, 1.807) is 39.0 Å². The van der Waals surface area contributed by atoms with E-state index < -0.39 is 29.4 Å². The molecular weight excluding hydrogens is 400 g/mol. The number of cyclic esters (lactones) is 1. The Hall–Kier alpha value is -2.35. The molecule has 0 radical (unpaired) electrons. The first-order chi connectivity index (χ1) is 13.6. The highest BCUT2D eigenvalue weighted by molar-refractivity contribution is 6.33. The number of phenols is 2. The van der Waals surface area contributed by atoms with Gasteiger partial charge in [0.05, 0.1) is 11.1 Å². The maximum absolute atomic E-state index is 12.8. The van der Waals surface area contributed by atoms with Gasteiger partial charge in [0.2, 0.25) is 0 Å².